The second-order valence-corrected chi connectivity index (χ2v) is 20.6. The summed E-state index contributed by atoms with van der Waals surface area (Å²) in [6, 6.07) is 0. The van der Waals surface area contributed by atoms with E-state index >= 15 is 0 Å². The van der Waals surface area contributed by atoms with Gasteiger partial charge in [0.15, 0.2) is 49.6 Å². The molecule has 5 aliphatic rings. The van der Waals surface area contributed by atoms with Gasteiger partial charge in [-0.25, -0.2) is 0 Å². The predicted octanol–water partition coefficient (Wildman–Crippen LogP) is 1.51. The topological polar surface area (TPSA) is 315 Å². The Bertz CT molecular complexity index is 1610. The minimum atomic E-state index is -2.18. The van der Waals surface area contributed by atoms with Crippen molar-refractivity contribution < 1.29 is 107 Å². The molecule has 0 aliphatic carbocycles. The van der Waals surface area contributed by atoms with Crippen LogP contribution in [0.5, 0.6) is 0 Å². The monoisotopic (exact) mass is 1020 g/mol. The molecule has 0 saturated carbocycles. The van der Waals surface area contributed by atoms with Crippen molar-refractivity contribution in [1.82, 2.24) is 0 Å². The Morgan fingerprint density at radius 2 is 1.17 bits per heavy atom. The lowest BCUT2D eigenvalue weighted by Crippen LogP contribution is -2.68. The number of unbranched alkanes of at least 4 members (excludes halogenated alkanes) is 2. The summed E-state index contributed by atoms with van der Waals surface area (Å²) in [7, 11) is 0. The van der Waals surface area contributed by atoms with E-state index in [1.165, 1.54) is 6.92 Å². The summed E-state index contributed by atoms with van der Waals surface area (Å²) in [6.45, 7) is 11.4. The third kappa shape index (κ3) is 16.6. The highest BCUT2D eigenvalue weighted by atomic mass is 16.8. The third-order valence-corrected chi connectivity index (χ3v) is 13.5. The number of aliphatic hydroxyl groups is 8. The molecule has 5 heterocycles. The summed E-state index contributed by atoms with van der Waals surface area (Å²) in [6.07, 6.45) is -24.8. The number of ether oxygens (including phenoxy) is 11. The van der Waals surface area contributed by atoms with Crippen molar-refractivity contribution >= 4 is 17.9 Å². The molecule has 2 bridgehead atoms. The van der Waals surface area contributed by atoms with Gasteiger partial charge in [-0.1, -0.05) is 92.4 Å². The zero-order chi connectivity index (χ0) is 52.1. The van der Waals surface area contributed by atoms with Crippen LogP contribution in [0, 0.1) is 11.8 Å². The maximum absolute atomic E-state index is 13.9. The van der Waals surface area contributed by atoms with Crippen molar-refractivity contribution in [2.24, 2.45) is 11.8 Å². The average molecular weight is 1030 g/mol. The van der Waals surface area contributed by atoms with Crippen molar-refractivity contribution in [2.45, 2.75) is 274 Å². The quantitative estimate of drug-likeness (QED) is 0.0736. The highest BCUT2D eigenvalue weighted by Gasteiger charge is 2.58. The second kappa shape index (κ2) is 28.6. The average Bonchev–Trinajstić information content (AvgIpc) is 3.30. The third-order valence-electron chi connectivity index (χ3n) is 13.5. The van der Waals surface area contributed by atoms with E-state index < -0.39 is 148 Å². The Morgan fingerprint density at radius 3 is 1.79 bits per heavy atom. The van der Waals surface area contributed by atoms with E-state index in [0.717, 1.165) is 51.4 Å². The van der Waals surface area contributed by atoms with Gasteiger partial charge in [-0.15, -0.1) is 0 Å². The highest BCUT2D eigenvalue weighted by molar-refractivity contribution is 5.71. The maximum Gasteiger partial charge on any atom is 0.306 e. The summed E-state index contributed by atoms with van der Waals surface area (Å²) >= 11 is 0. The molecule has 22 nitrogen and oxygen atoms in total. The molecule has 0 aromatic rings. The molecule has 5 saturated heterocycles. The van der Waals surface area contributed by atoms with Gasteiger partial charge in [-0.3, -0.25) is 14.4 Å². The van der Waals surface area contributed by atoms with Crippen LogP contribution in [0.1, 0.15) is 145 Å². The van der Waals surface area contributed by atoms with Crippen LogP contribution in [-0.4, -0.2) is 194 Å². The van der Waals surface area contributed by atoms with E-state index in [4.69, 9.17) is 52.1 Å². The minimum absolute atomic E-state index is 0.0243. The number of aliphatic hydroxyl groups excluding tert-OH is 8. The summed E-state index contributed by atoms with van der Waals surface area (Å²) in [5.41, 5.74) is 0. The lowest BCUT2D eigenvalue weighted by atomic mass is 9.96. The van der Waals surface area contributed by atoms with Gasteiger partial charge in [-0.2, -0.15) is 0 Å². The summed E-state index contributed by atoms with van der Waals surface area (Å²) < 4.78 is 66.8. The lowest BCUT2D eigenvalue weighted by molar-refractivity contribution is -0.413. The first-order valence-electron chi connectivity index (χ1n) is 25.9. The van der Waals surface area contributed by atoms with E-state index in [2.05, 4.69) is 6.92 Å². The number of hydrogen-bond acceptors (Lipinski definition) is 22. The molecule has 0 radical (unpaired) electrons. The fourth-order valence-corrected chi connectivity index (χ4v) is 9.51. The summed E-state index contributed by atoms with van der Waals surface area (Å²) in [5, 5.41) is 90.4. The fraction of sp³-hybridized carbons (Fsp3) is 0.939. The van der Waals surface area contributed by atoms with E-state index in [-0.39, 0.29) is 37.2 Å². The van der Waals surface area contributed by atoms with E-state index in [1.807, 2.05) is 0 Å². The van der Waals surface area contributed by atoms with Crippen molar-refractivity contribution in [1.29, 1.82) is 0 Å². The van der Waals surface area contributed by atoms with Crippen molar-refractivity contribution in [3.8, 4) is 0 Å². The van der Waals surface area contributed by atoms with Gasteiger partial charge in [0.25, 0.3) is 0 Å². The van der Waals surface area contributed by atoms with Crippen molar-refractivity contribution in [3.63, 3.8) is 0 Å². The van der Waals surface area contributed by atoms with Gasteiger partial charge in [0.05, 0.1) is 24.9 Å². The first kappa shape index (κ1) is 59.6. The molecule has 5 fully saturated rings. The highest BCUT2D eigenvalue weighted by Crippen LogP contribution is 2.38. The number of carbonyl (C=O) groups is 3. The van der Waals surface area contributed by atoms with Crippen LogP contribution in [-0.2, 0) is 66.5 Å². The second-order valence-electron chi connectivity index (χ2n) is 20.6. The molecular formula is C49H84O22. The number of fused-ring (bicyclic) bond motifs is 4. The van der Waals surface area contributed by atoms with Crippen LogP contribution < -0.4 is 0 Å². The smallest absolute Gasteiger partial charge is 0.306 e. The standard InChI is InChI=1S/C49H84O22/c1-8-9-15-18-28-19-16-13-11-10-12-14-17-20-30(51)65-42-43(70-46-38(59)37(58)39(27(7)62-46)66-31(52)21-24(2)3)45(60)71-49(44(42)67-32(53)22-25(4)5)69-41-36(57)34(55)29(23-50)64-48(41)68-40-35(56)33(54)26(6)61-47(40)63-28/h24-29,33-50,54-60H,8-23H2,1-7H3/t26-,27-,28?,29-,33+,34-,35+,36+,37-,38-,39-,40?,41?,42?,43-,44-,45-,46+,47?,48?,49?/m1/s1. The number of esters is 3. The SMILES string of the molecule is CCCCCC1CCCCCCCCCC(=O)OC2[C@@H](OC(=O)CC(C)C)C(OC3C(OC4C(O1)O[C@H](C)[C@H](O)[C@@H]4O)O[C@H](CO)[C@@H](O)[C@@H]3O)O[C@@H](O)[C@@H]2O[C@@H]1O[C@H](C)[C@@H](OC(=O)CC(C)C)[C@H](O)[C@H]1O. The van der Waals surface area contributed by atoms with Crippen LogP contribution in [0.15, 0.2) is 0 Å². The van der Waals surface area contributed by atoms with Gasteiger partial charge in [0.1, 0.15) is 54.9 Å². The maximum atomic E-state index is 13.9. The Hall–Kier alpha value is -2.23. The van der Waals surface area contributed by atoms with Gasteiger partial charge in [0, 0.05) is 19.3 Å². The van der Waals surface area contributed by atoms with Crippen LogP contribution in [0.3, 0.4) is 0 Å². The molecule has 71 heavy (non-hydrogen) atoms. The molecule has 0 spiro atoms. The molecule has 21 atom stereocenters. The molecular weight excluding hydrogens is 941 g/mol. The zero-order valence-corrected chi connectivity index (χ0v) is 42.4. The molecule has 0 amide bonds. The molecule has 22 heteroatoms. The molecule has 0 aromatic carbocycles. The Balaban J connectivity index is 1.54. The van der Waals surface area contributed by atoms with Crippen LogP contribution in [0.2, 0.25) is 0 Å². The van der Waals surface area contributed by atoms with Crippen molar-refractivity contribution in [3.05, 3.63) is 0 Å². The van der Waals surface area contributed by atoms with Gasteiger partial charge in [-0.05, 0) is 44.9 Å². The fourth-order valence-electron chi connectivity index (χ4n) is 9.51. The van der Waals surface area contributed by atoms with Gasteiger partial charge >= 0.3 is 17.9 Å². The molecule has 5 aliphatic heterocycles. The minimum Gasteiger partial charge on any atom is -0.457 e. The molecule has 5 rings (SSSR count). The number of rotatable bonds is 13. The van der Waals surface area contributed by atoms with Gasteiger partial charge in [0.2, 0.25) is 6.29 Å². The van der Waals surface area contributed by atoms with Crippen LogP contribution >= 0.6 is 0 Å². The summed E-state index contributed by atoms with van der Waals surface area (Å²) in [5.74, 6) is -2.63. The summed E-state index contributed by atoms with van der Waals surface area (Å²) in [4.78, 5) is 40.1. The van der Waals surface area contributed by atoms with Gasteiger partial charge < -0.3 is 93.0 Å². The number of carbonyl (C=O) groups excluding carboxylic acids is 3. The number of hydrogen-bond donors (Lipinski definition) is 8. The Labute approximate surface area is 416 Å². The molecule has 0 aromatic heterocycles. The predicted molar refractivity (Wildman–Crippen MR) is 245 cm³/mol. The van der Waals surface area contributed by atoms with Crippen LogP contribution in [0.25, 0.3) is 0 Å². The van der Waals surface area contributed by atoms with E-state index in [0.29, 0.717) is 25.7 Å². The Kier molecular flexibility index (Phi) is 24.0. The molecule has 8 N–H and O–H groups in total. The largest absolute Gasteiger partial charge is 0.457 e. The Morgan fingerprint density at radius 1 is 0.592 bits per heavy atom. The first-order valence-corrected chi connectivity index (χ1v) is 25.9. The zero-order valence-electron chi connectivity index (χ0n) is 42.4. The van der Waals surface area contributed by atoms with E-state index in [9.17, 15) is 55.2 Å². The van der Waals surface area contributed by atoms with Crippen molar-refractivity contribution in [2.75, 3.05) is 6.61 Å². The lowest BCUT2D eigenvalue weighted by Gasteiger charge is -2.49. The normalized spacial score (nSPS) is 41.6. The first-order chi connectivity index (χ1) is 33.7. The molecule has 7 unspecified atom stereocenters. The molecule has 412 valence electrons. The van der Waals surface area contributed by atoms with Crippen LogP contribution in [0.4, 0.5) is 0 Å². The van der Waals surface area contributed by atoms with E-state index in [1.54, 1.807) is 34.6 Å².